The van der Waals surface area contributed by atoms with Crippen molar-refractivity contribution in [2.24, 2.45) is 11.3 Å². The Morgan fingerprint density at radius 3 is 2.41 bits per heavy atom. The highest BCUT2D eigenvalue weighted by atomic mass is 28.3. The third-order valence-corrected chi connectivity index (χ3v) is 4.33. The van der Waals surface area contributed by atoms with Gasteiger partial charge in [0.25, 0.3) is 9.04 Å². The Bertz CT molecular complexity index is 250. The number of hydrogen-bond acceptors (Lipinski definition) is 1. The molecule has 1 atom stereocenters. The molecule has 0 aromatic carbocycles. The molecule has 0 aromatic rings. The van der Waals surface area contributed by atoms with E-state index in [1.165, 1.54) is 37.9 Å². The van der Waals surface area contributed by atoms with Crippen molar-refractivity contribution < 1.29 is 4.43 Å². The first-order chi connectivity index (χ1) is 7.89. The Labute approximate surface area is 109 Å². The SMILES string of the molecule is C[Si](C)O/C1=C/CCCC(C(C)(C)C)CCC1. The average molecular weight is 253 g/mol. The number of rotatable bonds is 2. The summed E-state index contributed by atoms with van der Waals surface area (Å²) in [4.78, 5) is 0. The largest absolute Gasteiger partial charge is 0.546 e. The van der Waals surface area contributed by atoms with E-state index in [1.807, 2.05) is 0 Å². The first kappa shape index (κ1) is 14.8. The van der Waals surface area contributed by atoms with Crippen molar-refractivity contribution in [3.8, 4) is 0 Å². The second-order valence-electron chi connectivity index (χ2n) is 6.57. The molecule has 0 spiro atoms. The molecule has 99 valence electrons. The molecule has 1 aliphatic carbocycles. The highest BCUT2D eigenvalue weighted by Crippen LogP contribution is 2.35. The quantitative estimate of drug-likeness (QED) is 0.618. The highest BCUT2D eigenvalue weighted by molar-refractivity contribution is 6.48. The lowest BCUT2D eigenvalue weighted by molar-refractivity contribution is 0.204. The zero-order valence-electron chi connectivity index (χ0n) is 12.3. The van der Waals surface area contributed by atoms with Crippen molar-refractivity contribution >= 4 is 9.04 Å². The van der Waals surface area contributed by atoms with Gasteiger partial charge >= 0.3 is 0 Å². The molecule has 17 heavy (non-hydrogen) atoms. The van der Waals surface area contributed by atoms with Crippen LogP contribution in [0.4, 0.5) is 0 Å². The van der Waals surface area contributed by atoms with Gasteiger partial charge in [0.1, 0.15) is 0 Å². The van der Waals surface area contributed by atoms with Crippen LogP contribution in [-0.4, -0.2) is 9.04 Å². The Kier molecular flexibility index (Phi) is 5.77. The number of allylic oxidation sites excluding steroid dienone is 2. The van der Waals surface area contributed by atoms with Crippen LogP contribution in [0.5, 0.6) is 0 Å². The van der Waals surface area contributed by atoms with Crippen molar-refractivity contribution in [3.05, 3.63) is 11.8 Å². The van der Waals surface area contributed by atoms with Crippen LogP contribution in [0.1, 0.15) is 59.3 Å². The van der Waals surface area contributed by atoms with Crippen molar-refractivity contribution in [2.45, 2.75) is 72.4 Å². The zero-order chi connectivity index (χ0) is 12.9. The molecule has 1 nitrogen and oxygen atoms in total. The van der Waals surface area contributed by atoms with Gasteiger partial charge in [-0.3, -0.25) is 0 Å². The lowest BCUT2D eigenvalue weighted by Crippen LogP contribution is -2.20. The summed E-state index contributed by atoms with van der Waals surface area (Å²) in [7, 11) is -0.583. The van der Waals surface area contributed by atoms with Gasteiger partial charge in [0, 0.05) is 6.42 Å². The van der Waals surface area contributed by atoms with E-state index in [2.05, 4.69) is 39.9 Å². The maximum absolute atomic E-state index is 5.97. The summed E-state index contributed by atoms with van der Waals surface area (Å²) >= 11 is 0. The predicted octanol–water partition coefficient (Wildman–Crippen LogP) is 5.15. The lowest BCUT2D eigenvalue weighted by Gasteiger charge is -2.30. The predicted molar refractivity (Wildman–Crippen MR) is 77.3 cm³/mol. The minimum Gasteiger partial charge on any atom is -0.546 e. The van der Waals surface area contributed by atoms with Crippen LogP contribution >= 0.6 is 0 Å². The van der Waals surface area contributed by atoms with Crippen LogP contribution in [0.2, 0.25) is 13.1 Å². The Morgan fingerprint density at radius 1 is 1.18 bits per heavy atom. The van der Waals surface area contributed by atoms with Gasteiger partial charge in [-0.25, -0.2) is 0 Å². The highest BCUT2D eigenvalue weighted by Gasteiger charge is 2.24. The normalized spacial score (nSPS) is 26.7. The molecule has 0 saturated heterocycles. The Morgan fingerprint density at radius 2 is 1.82 bits per heavy atom. The van der Waals surface area contributed by atoms with Crippen LogP contribution in [0, 0.1) is 11.3 Å². The minimum absolute atomic E-state index is 0.468. The van der Waals surface area contributed by atoms with E-state index in [9.17, 15) is 0 Å². The van der Waals surface area contributed by atoms with E-state index in [0.717, 1.165) is 12.3 Å². The fourth-order valence-electron chi connectivity index (χ4n) is 2.62. The number of hydrogen-bond donors (Lipinski definition) is 0. The lowest BCUT2D eigenvalue weighted by atomic mass is 9.75. The van der Waals surface area contributed by atoms with Crippen molar-refractivity contribution in [1.29, 1.82) is 0 Å². The second-order valence-corrected chi connectivity index (χ2v) is 8.59. The van der Waals surface area contributed by atoms with Crippen molar-refractivity contribution in [3.63, 3.8) is 0 Å². The zero-order valence-corrected chi connectivity index (χ0v) is 13.3. The fraction of sp³-hybridized carbons (Fsp3) is 0.867. The summed E-state index contributed by atoms with van der Waals surface area (Å²) in [5.41, 5.74) is 0.468. The Balaban J connectivity index is 2.51. The molecule has 0 saturated carbocycles. The molecule has 0 bridgehead atoms. The van der Waals surface area contributed by atoms with Gasteiger partial charge in [0.05, 0.1) is 5.76 Å². The van der Waals surface area contributed by atoms with Crippen LogP contribution < -0.4 is 0 Å². The second kappa shape index (κ2) is 6.63. The molecule has 0 amide bonds. The molecule has 0 N–H and O–H groups in total. The molecule has 0 aromatic heterocycles. The van der Waals surface area contributed by atoms with Gasteiger partial charge in [-0.05, 0) is 62.6 Å². The summed E-state index contributed by atoms with van der Waals surface area (Å²) < 4.78 is 5.97. The van der Waals surface area contributed by atoms with E-state index in [4.69, 9.17) is 4.43 Å². The summed E-state index contributed by atoms with van der Waals surface area (Å²) in [6.07, 6.45) is 10.1. The van der Waals surface area contributed by atoms with Crippen LogP contribution in [0.3, 0.4) is 0 Å². The summed E-state index contributed by atoms with van der Waals surface area (Å²) in [6.45, 7) is 11.6. The van der Waals surface area contributed by atoms with Gasteiger partial charge in [-0.15, -0.1) is 0 Å². The molecule has 1 rings (SSSR count). The summed E-state index contributed by atoms with van der Waals surface area (Å²) in [5.74, 6) is 2.15. The minimum atomic E-state index is -0.583. The summed E-state index contributed by atoms with van der Waals surface area (Å²) in [5, 5.41) is 0. The molecule has 1 aliphatic rings. The first-order valence-electron chi connectivity index (χ1n) is 7.06. The topological polar surface area (TPSA) is 9.23 Å². The van der Waals surface area contributed by atoms with E-state index in [0.29, 0.717) is 5.41 Å². The van der Waals surface area contributed by atoms with Gasteiger partial charge in [0.2, 0.25) is 0 Å². The van der Waals surface area contributed by atoms with Gasteiger partial charge < -0.3 is 4.43 Å². The van der Waals surface area contributed by atoms with E-state index >= 15 is 0 Å². The van der Waals surface area contributed by atoms with E-state index < -0.39 is 9.04 Å². The van der Waals surface area contributed by atoms with Crippen LogP contribution in [-0.2, 0) is 4.43 Å². The molecular formula is C15H29OSi. The van der Waals surface area contributed by atoms with Gasteiger partial charge in [-0.2, -0.15) is 0 Å². The monoisotopic (exact) mass is 253 g/mol. The maximum atomic E-state index is 5.97. The van der Waals surface area contributed by atoms with Crippen molar-refractivity contribution in [2.75, 3.05) is 0 Å². The Hall–Kier alpha value is -0.243. The molecule has 1 radical (unpaired) electrons. The standard InChI is InChI=1S/C15H29OSi/c1-15(2,3)13-9-6-7-11-14(12-8-10-13)16-17(4)5/h11,13H,6-10,12H2,1-5H3/b14-11+. The molecular weight excluding hydrogens is 224 g/mol. The molecule has 1 unspecified atom stereocenters. The molecule has 0 heterocycles. The smallest absolute Gasteiger partial charge is 0.273 e. The van der Waals surface area contributed by atoms with Crippen LogP contribution in [0.25, 0.3) is 0 Å². The summed E-state index contributed by atoms with van der Waals surface area (Å²) in [6, 6.07) is 0. The van der Waals surface area contributed by atoms with Crippen LogP contribution in [0.15, 0.2) is 11.8 Å². The average Bonchev–Trinajstić information content (AvgIpc) is 2.27. The third-order valence-electron chi connectivity index (χ3n) is 3.66. The molecule has 0 fully saturated rings. The third kappa shape index (κ3) is 5.76. The molecule has 0 aliphatic heterocycles. The van der Waals surface area contributed by atoms with E-state index in [1.54, 1.807) is 0 Å². The molecule has 2 heteroatoms. The maximum Gasteiger partial charge on any atom is 0.273 e. The fourth-order valence-corrected chi connectivity index (χ4v) is 3.33. The van der Waals surface area contributed by atoms with Gasteiger partial charge in [-0.1, -0.05) is 20.8 Å². The first-order valence-corrected chi connectivity index (χ1v) is 9.47. The van der Waals surface area contributed by atoms with Gasteiger partial charge in [0.15, 0.2) is 0 Å². The van der Waals surface area contributed by atoms with Crippen molar-refractivity contribution in [1.82, 2.24) is 0 Å². The van der Waals surface area contributed by atoms with E-state index in [-0.39, 0.29) is 0 Å².